The van der Waals surface area contributed by atoms with E-state index in [4.69, 9.17) is 4.74 Å². The number of rotatable bonds is 5. The molecule has 0 bridgehead atoms. The predicted octanol–water partition coefficient (Wildman–Crippen LogP) is -0.140. The highest BCUT2D eigenvalue weighted by Gasteiger charge is 2.41. The van der Waals surface area contributed by atoms with E-state index in [-0.39, 0.29) is 22.6 Å². The molecule has 0 aromatic heterocycles. The van der Waals surface area contributed by atoms with Crippen LogP contribution in [-0.4, -0.2) is 79.2 Å². The van der Waals surface area contributed by atoms with Crippen LogP contribution in [0.4, 0.5) is 0 Å². The first-order chi connectivity index (χ1) is 13.1. The van der Waals surface area contributed by atoms with Gasteiger partial charge in [0.1, 0.15) is 6.04 Å². The first-order valence-electron chi connectivity index (χ1n) is 8.72. The fourth-order valence-corrected chi connectivity index (χ4v) is 5.08. The van der Waals surface area contributed by atoms with Gasteiger partial charge in [-0.05, 0) is 25.5 Å². The average molecular weight is 408 g/mol. The Kier molecular flexibility index (Phi) is 5.24. The highest BCUT2D eigenvalue weighted by Crippen LogP contribution is 2.24. The maximum Gasteiger partial charge on any atom is 0.329 e. The molecule has 0 N–H and O–H groups in total. The summed E-state index contributed by atoms with van der Waals surface area (Å²) in [7, 11) is -1.70. The van der Waals surface area contributed by atoms with Crippen LogP contribution in [0.3, 0.4) is 0 Å². The molecule has 1 fully saturated rings. The van der Waals surface area contributed by atoms with Crippen molar-refractivity contribution in [2.45, 2.75) is 25.4 Å². The molecule has 150 valence electrons. The molecule has 1 aromatic rings. The molecule has 0 saturated carbocycles. The number of nitrogens with zero attached hydrogens (tertiary/aromatic N) is 2. The second-order valence-corrected chi connectivity index (χ2v) is 9.10. The van der Waals surface area contributed by atoms with E-state index < -0.39 is 52.2 Å². The predicted molar refractivity (Wildman–Crippen MR) is 97.2 cm³/mol. The molecule has 28 heavy (non-hydrogen) atoms. The van der Waals surface area contributed by atoms with Crippen LogP contribution in [0.25, 0.3) is 0 Å². The van der Waals surface area contributed by atoms with Crippen molar-refractivity contribution in [3.63, 3.8) is 0 Å². The molecule has 0 spiro atoms. The van der Waals surface area contributed by atoms with Gasteiger partial charge < -0.3 is 9.64 Å². The van der Waals surface area contributed by atoms with Gasteiger partial charge >= 0.3 is 5.97 Å². The van der Waals surface area contributed by atoms with Gasteiger partial charge in [0.15, 0.2) is 16.4 Å². The fourth-order valence-electron chi connectivity index (χ4n) is 3.30. The van der Waals surface area contributed by atoms with Crippen LogP contribution < -0.4 is 0 Å². The number of carbonyl (C=O) groups excluding carboxylic acids is 4. The summed E-state index contributed by atoms with van der Waals surface area (Å²) in [6, 6.07) is 4.59. The third-order valence-corrected chi connectivity index (χ3v) is 6.79. The Hall–Kier alpha value is -2.75. The first-order valence-corrected chi connectivity index (χ1v) is 10.5. The Labute approximate surface area is 162 Å². The van der Waals surface area contributed by atoms with E-state index in [0.717, 1.165) is 4.90 Å². The molecule has 9 nitrogen and oxygen atoms in total. The topological polar surface area (TPSA) is 118 Å². The summed E-state index contributed by atoms with van der Waals surface area (Å²) in [5.41, 5.74) is 0.427. The van der Waals surface area contributed by atoms with Crippen molar-refractivity contribution in [1.29, 1.82) is 0 Å². The minimum absolute atomic E-state index is 0.0197. The largest absolute Gasteiger partial charge is 0.454 e. The van der Waals surface area contributed by atoms with E-state index in [9.17, 15) is 27.6 Å². The maximum absolute atomic E-state index is 12.4. The number of fused-ring (bicyclic) bond motifs is 1. The summed E-state index contributed by atoms with van der Waals surface area (Å²) in [4.78, 5) is 51.4. The summed E-state index contributed by atoms with van der Waals surface area (Å²) in [6.07, 6.45) is 0.337. The molecule has 0 unspecified atom stereocenters. The molecule has 2 aliphatic rings. The van der Waals surface area contributed by atoms with Gasteiger partial charge in [-0.25, -0.2) is 13.2 Å². The van der Waals surface area contributed by atoms with Crippen LogP contribution in [0.15, 0.2) is 24.3 Å². The van der Waals surface area contributed by atoms with Gasteiger partial charge in [0, 0.05) is 13.1 Å². The van der Waals surface area contributed by atoms with Crippen molar-refractivity contribution in [2.75, 3.05) is 25.2 Å². The van der Waals surface area contributed by atoms with Crippen LogP contribution in [0.5, 0.6) is 0 Å². The van der Waals surface area contributed by atoms with E-state index >= 15 is 0 Å². The van der Waals surface area contributed by atoms with Crippen molar-refractivity contribution in [3.05, 3.63) is 35.4 Å². The summed E-state index contributed by atoms with van der Waals surface area (Å²) < 4.78 is 28.0. The number of sulfone groups is 1. The lowest BCUT2D eigenvalue weighted by atomic mass is 10.1. The average Bonchev–Trinajstić information content (AvgIpc) is 3.15. The number of hydrogen-bond donors (Lipinski definition) is 0. The van der Waals surface area contributed by atoms with Gasteiger partial charge in [0.05, 0.1) is 22.6 Å². The van der Waals surface area contributed by atoms with Crippen molar-refractivity contribution in [2.24, 2.45) is 0 Å². The minimum atomic E-state index is -3.15. The second-order valence-electron chi connectivity index (χ2n) is 6.87. The number of ether oxygens (including phenoxy) is 1. The first kappa shape index (κ1) is 20.0. The Morgan fingerprint density at radius 3 is 2.29 bits per heavy atom. The zero-order valence-electron chi connectivity index (χ0n) is 15.5. The number of amides is 3. The summed E-state index contributed by atoms with van der Waals surface area (Å²) in [6.45, 7) is 0.751. The lowest BCUT2D eigenvalue weighted by molar-refractivity contribution is -0.155. The van der Waals surface area contributed by atoms with Crippen molar-refractivity contribution in [1.82, 2.24) is 9.80 Å². The minimum Gasteiger partial charge on any atom is -0.454 e. The standard InChI is InChI=1S/C18H20N2O7S/c1-11(20-16(22)13-5-3-4-6-14(13)17(20)23)18(24)27-9-15(21)19(2)12-7-8-28(25,26)10-12/h3-6,11-12H,7-10H2,1-2H3/t11-,12-/m0/s1. The molecule has 10 heteroatoms. The quantitative estimate of drug-likeness (QED) is 0.491. The number of benzene rings is 1. The number of likely N-dealkylation sites (N-methyl/N-ethyl adjacent to an activating group) is 1. The number of imide groups is 1. The summed E-state index contributed by atoms with van der Waals surface area (Å²) >= 11 is 0. The van der Waals surface area contributed by atoms with Gasteiger partial charge in [-0.2, -0.15) is 0 Å². The number of hydrogen-bond acceptors (Lipinski definition) is 7. The van der Waals surface area contributed by atoms with Crippen molar-refractivity contribution in [3.8, 4) is 0 Å². The molecule has 2 atom stereocenters. The number of esters is 1. The zero-order valence-corrected chi connectivity index (χ0v) is 16.3. The van der Waals surface area contributed by atoms with E-state index in [1.54, 1.807) is 12.1 Å². The molecule has 3 rings (SSSR count). The molecular formula is C18H20N2O7S. The monoisotopic (exact) mass is 408 g/mol. The van der Waals surface area contributed by atoms with E-state index in [2.05, 4.69) is 0 Å². The summed E-state index contributed by atoms with van der Waals surface area (Å²) in [5, 5.41) is 0. The van der Waals surface area contributed by atoms with Gasteiger partial charge in [0.25, 0.3) is 17.7 Å². The van der Waals surface area contributed by atoms with Gasteiger partial charge in [-0.15, -0.1) is 0 Å². The van der Waals surface area contributed by atoms with Crippen LogP contribution in [0, 0.1) is 0 Å². The molecule has 0 radical (unpaired) electrons. The third kappa shape index (κ3) is 3.64. The van der Waals surface area contributed by atoms with Crippen LogP contribution in [-0.2, 0) is 24.2 Å². The van der Waals surface area contributed by atoms with Crippen LogP contribution in [0.1, 0.15) is 34.1 Å². The van der Waals surface area contributed by atoms with Crippen LogP contribution >= 0.6 is 0 Å². The third-order valence-electron chi connectivity index (χ3n) is 5.04. The molecule has 3 amide bonds. The second kappa shape index (κ2) is 7.34. The molecule has 1 saturated heterocycles. The smallest absolute Gasteiger partial charge is 0.329 e. The Balaban J connectivity index is 1.59. The van der Waals surface area contributed by atoms with Gasteiger partial charge in [-0.3, -0.25) is 19.3 Å². The highest BCUT2D eigenvalue weighted by atomic mass is 32.2. The molecule has 2 aliphatic heterocycles. The van der Waals surface area contributed by atoms with Crippen molar-refractivity contribution >= 4 is 33.5 Å². The van der Waals surface area contributed by atoms with Gasteiger partial charge in [-0.1, -0.05) is 12.1 Å². The lowest BCUT2D eigenvalue weighted by Crippen LogP contribution is -2.45. The lowest BCUT2D eigenvalue weighted by Gasteiger charge is -2.24. The molecule has 0 aliphatic carbocycles. The van der Waals surface area contributed by atoms with E-state index in [1.807, 2.05) is 0 Å². The van der Waals surface area contributed by atoms with E-state index in [0.29, 0.717) is 6.42 Å². The Morgan fingerprint density at radius 1 is 1.21 bits per heavy atom. The highest BCUT2D eigenvalue weighted by molar-refractivity contribution is 7.91. The SMILES string of the molecule is C[C@@H](C(=O)OCC(=O)N(C)[C@H]1CCS(=O)(=O)C1)N1C(=O)c2ccccc2C1=O. The normalized spacial score (nSPS) is 21.4. The Morgan fingerprint density at radius 2 is 1.79 bits per heavy atom. The fraction of sp³-hybridized carbons (Fsp3) is 0.444. The molecular weight excluding hydrogens is 388 g/mol. The number of carbonyl (C=O) groups is 4. The van der Waals surface area contributed by atoms with Gasteiger partial charge in [0.2, 0.25) is 0 Å². The maximum atomic E-state index is 12.4. The van der Waals surface area contributed by atoms with E-state index in [1.165, 1.54) is 31.0 Å². The van der Waals surface area contributed by atoms with Crippen LogP contribution in [0.2, 0.25) is 0 Å². The van der Waals surface area contributed by atoms with Crippen molar-refractivity contribution < 1.29 is 32.3 Å². The molecule has 1 aromatic carbocycles. The summed E-state index contributed by atoms with van der Waals surface area (Å²) in [5.74, 6) is -2.73. The zero-order chi connectivity index (χ0) is 20.6. The molecule has 2 heterocycles. The Bertz CT molecular complexity index is 921.